The van der Waals surface area contributed by atoms with Crippen LogP contribution in [0.15, 0.2) is 18.2 Å². The quantitative estimate of drug-likeness (QED) is 0.791. The van der Waals surface area contributed by atoms with Crippen molar-refractivity contribution in [3.8, 4) is 0 Å². The Hall–Kier alpha value is -2.08. The number of hydrogen-bond acceptors (Lipinski definition) is 3. The molecule has 1 aromatic rings. The van der Waals surface area contributed by atoms with E-state index >= 15 is 0 Å². The zero-order valence-electron chi connectivity index (χ0n) is 13.3. The Labute approximate surface area is 131 Å². The molecule has 3 amide bonds. The molecule has 1 heterocycles. The highest BCUT2D eigenvalue weighted by molar-refractivity contribution is 5.97. The van der Waals surface area contributed by atoms with Crippen LogP contribution in [-0.2, 0) is 11.2 Å². The van der Waals surface area contributed by atoms with Crippen LogP contribution < -0.4 is 21.3 Å². The van der Waals surface area contributed by atoms with Crippen molar-refractivity contribution in [1.29, 1.82) is 0 Å². The van der Waals surface area contributed by atoms with Crippen molar-refractivity contribution in [2.45, 2.75) is 33.2 Å². The van der Waals surface area contributed by atoms with Crippen LogP contribution in [0.1, 0.15) is 26.3 Å². The maximum atomic E-state index is 12.1. The molecule has 0 radical (unpaired) electrons. The lowest BCUT2D eigenvalue weighted by Crippen LogP contribution is -2.38. The zero-order chi connectivity index (χ0) is 16.3. The summed E-state index contributed by atoms with van der Waals surface area (Å²) in [6.45, 7) is 6.75. The van der Waals surface area contributed by atoms with E-state index in [9.17, 15) is 9.59 Å². The number of carbonyl (C=O) groups is 2. The lowest BCUT2D eigenvalue weighted by molar-refractivity contribution is -0.119. The van der Waals surface area contributed by atoms with E-state index in [-0.39, 0.29) is 23.9 Å². The standard InChI is InChI=1S/C16H24N4O2/c1-4-18-16(22)20-8-7-12-5-6-13(9-14(12)20)19-15(21)10(2)11(3)17/h5-6,9-11H,4,7-8,17H2,1-3H3,(H,18,22)(H,19,21). The van der Waals surface area contributed by atoms with Gasteiger partial charge in [0.15, 0.2) is 0 Å². The summed E-state index contributed by atoms with van der Waals surface area (Å²) in [6.07, 6.45) is 0.830. The fourth-order valence-corrected chi connectivity index (χ4v) is 2.41. The molecule has 2 atom stereocenters. The molecular formula is C16H24N4O2. The second-order valence-corrected chi connectivity index (χ2v) is 5.72. The molecule has 120 valence electrons. The summed E-state index contributed by atoms with van der Waals surface area (Å²) in [5.74, 6) is -0.384. The molecule has 0 aliphatic carbocycles. The first-order valence-corrected chi connectivity index (χ1v) is 7.68. The van der Waals surface area contributed by atoms with Gasteiger partial charge in [-0.1, -0.05) is 13.0 Å². The third-order valence-corrected chi connectivity index (χ3v) is 4.02. The fraction of sp³-hybridized carbons (Fsp3) is 0.500. The second kappa shape index (κ2) is 6.79. The molecule has 2 rings (SSSR count). The predicted octanol–water partition coefficient (Wildman–Crippen LogP) is 1.70. The maximum Gasteiger partial charge on any atom is 0.321 e. The summed E-state index contributed by atoms with van der Waals surface area (Å²) in [6, 6.07) is 5.37. The first-order chi connectivity index (χ1) is 10.4. The molecule has 0 saturated carbocycles. The third kappa shape index (κ3) is 3.39. The molecule has 0 bridgehead atoms. The first kappa shape index (κ1) is 16.3. The minimum absolute atomic E-state index is 0.103. The van der Waals surface area contributed by atoms with E-state index in [2.05, 4.69) is 10.6 Å². The summed E-state index contributed by atoms with van der Waals surface area (Å²) in [4.78, 5) is 25.8. The maximum absolute atomic E-state index is 12.1. The lowest BCUT2D eigenvalue weighted by Gasteiger charge is -2.19. The van der Waals surface area contributed by atoms with Gasteiger partial charge in [-0.05, 0) is 38.0 Å². The van der Waals surface area contributed by atoms with Crippen LogP contribution in [0.2, 0.25) is 0 Å². The fourth-order valence-electron chi connectivity index (χ4n) is 2.41. The minimum Gasteiger partial charge on any atom is -0.338 e. The van der Waals surface area contributed by atoms with Crippen molar-refractivity contribution in [2.24, 2.45) is 11.7 Å². The number of nitrogens with one attached hydrogen (secondary N) is 2. The molecule has 22 heavy (non-hydrogen) atoms. The molecule has 1 aliphatic rings. The van der Waals surface area contributed by atoms with Crippen molar-refractivity contribution in [2.75, 3.05) is 23.3 Å². The lowest BCUT2D eigenvalue weighted by atomic mass is 10.0. The monoisotopic (exact) mass is 304 g/mol. The molecule has 0 fully saturated rings. The summed E-state index contributed by atoms with van der Waals surface area (Å²) >= 11 is 0. The highest BCUT2D eigenvalue weighted by Crippen LogP contribution is 2.31. The summed E-state index contributed by atoms with van der Waals surface area (Å²) < 4.78 is 0. The molecule has 2 unspecified atom stereocenters. The van der Waals surface area contributed by atoms with Gasteiger partial charge in [-0.25, -0.2) is 4.79 Å². The highest BCUT2D eigenvalue weighted by atomic mass is 16.2. The van der Waals surface area contributed by atoms with Gasteiger partial charge >= 0.3 is 6.03 Å². The van der Waals surface area contributed by atoms with Crippen molar-refractivity contribution in [3.63, 3.8) is 0 Å². The van der Waals surface area contributed by atoms with Gasteiger partial charge < -0.3 is 16.4 Å². The molecule has 0 saturated heterocycles. The van der Waals surface area contributed by atoms with Crippen LogP contribution in [0, 0.1) is 5.92 Å². The van der Waals surface area contributed by atoms with Gasteiger partial charge in [0.25, 0.3) is 0 Å². The Morgan fingerprint density at radius 1 is 1.36 bits per heavy atom. The van der Waals surface area contributed by atoms with E-state index in [0.717, 1.165) is 17.7 Å². The number of amides is 3. The molecular weight excluding hydrogens is 280 g/mol. The van der Waals surface area contributed by atoms with Gasteiger partial charge in [0.05, 0.1) is 11.6 Å². The SMILES string of the molecule is CCNC(=O)N1CCc2ccc(NC(=O)C(C)C(C)N)cc21. The number of urea groups is 1. The van der Waals surface area contributed by atoms with E-state index < -0.39 is 0 Å². The van der Waals surface area contributed by atoms with Gasteiger partial charge in [0.2, 0.25) is 5.91 Å². The number of nitrogens with two attached hydrogens (primary N) is 1. The summed E-state index contributed by atoms with van der Waals surface area (Å²) in [7, 11) is 0. The van der Waals surface area contributed by atoms with Crippen molar-refractivity contribution in [3.05, 3.63) is 23.8 Å². The molecule has 4 N–H and O–H groups in total. The number of fused-ring (bicyclic) bond motifs is 1. The number of carbonyl (C=O) groups excluding carboxylic acids is 2. The first-order valence-electron chi connectivity index (χ1n) is 7.68. The number of hydrogen-bond donors (Lipinski definition) is 3. The zero-order valence-corrected chi connectivity index (χ0v) is 13.3. The Kier molecular flexibility index (Phi) is 5.03. The van der Waals surface area contributed by atoms with E-state index in [1.54, 1.807) is 11.8 Å². The van der Waals surface area contributed by atoms with Gasteiger partial charge in [-0.2, -0.15) is 0 Å². The van der Waals surface area contributed by atoms with Gasteiger partial charge in [0.1, 0.15) is 0 Å². The number of anilines is 2. The number of benzene rings is 1. The molecule has 1 aromatic carbocycles. The molecule has 0 spiro atoms. The number of rotatable bonds is 4. The van der Waals surface area contributed by atoms with E-state index in [1.807, 2.05) is 32.0 Å². The minimum atomic E-state index is -0.271. The Balaban J connectivity index is 2.15. The van der Waals surface area contributed by atoms with Crippen LogP contribution >= 0.6 is 0 Å². The summed E-state index contributed by atoms with van der Waals surface area (Å²) in [5, 5.41) is 5.67. The molecule has 1 aliphatic heterocycles. The van der Waals surface area contributed by atoms with Crippen LogP contribution in [0.5, 0.6) is 0 Å². The van der Waals surface area contributed by atoms with Gasteiger partial charge in [-0.3, -0.25) is 9.69 Å². The van der Waals surface area contributed by atoms with Crippen LogP contribution in [-0.4, -0.2) is 31.1 Å². The van der Waals surface area contributed by atoms with Crippen LogP contribution in [0.4, 0.5) is 16.2 Å². The largest absolute Gasteiger partial charge is 0.338 e. The smallest absolute Gasteiger partial charge is 0.321 e. The van der Waals surface area contributed by atoms with Crippen molar-refractivity contribution in [1.82, 2.24) is 5.32 Å². The average Bonchev–Trinajstić information content (AvgIpc) is 2.89. The topological polar surface area (TPSA) is 87.5 Å². The van der Waals surface area contributed by atoms with Crippen molar-refractivity contribution >= 4 is 23.3 Å². The summed E-state index contributed by atoms with van der Waals surface area (Å²) in [5.41, 5.74) is 8.42. The van der Waals surface area contributed by atoms with Crippen LogP contribution in [0.3, 0.4) is 0 Å². The predicted molar refractivity (Wildman–Crippen MR) is 88.0 cm³/mol. The van der Waals surface area contributed by atoms with Crippen molar-refractivity contribution < 1.29 is 9.59 Å². The van der Waals surface area contributed by atoms with E-state index in [1.165, 1.54) is 0 Å². The number of nitrogens with zero attached hydrogens (tertiary/aromatic N) is 1. The third-order valence-electron chi connectivity index (χ3n) is 4.02. The Bertz CT molecular complexity index is 571. The normalized spacial score (nSPS) is 15.9. The highest BCUT2D eigenvalue weighted by Gasteiger charge is 2.25. The van der Waals surface area contributed by atoms with E-state index in [0.29, 0.717) is 18.8 Å². The Morgan fingerprint density at radius 3 is 2.73 bits per heavy atom. The second-order valence-electron chi connectivity index (χ2n) is 5.72. The Morgan fingerprint density at radius 2 is 2.09 bits per heavy atom. The van der Waals surface area contributed by atoms with Gasteiger partial charge in [-0.15, -0.1) is 0 Å². The van der Waals surface area contributed by atoms with Crippen LogP contribution in [0.25, 0.3) is 0 Å². The molecule has 6 heteroatoms. The molecule has 6 nitrogen and oxygen atoms in total. The molecule has 0 aromatic heterocycles. The average molecular weight is 304 g/mol. The van der Waals surface area contributed by atoms with E-state index in [4.69, 9.17) is 5.73 Å². The van der Waals surface area contributed by atoms with Gasteiger partial charge in [0, 0.05) is 24.8 Å².